The normalized spacial score (nSPS) is 13.2. The highest BCUT2D eigenvalue weighted by Gasteiger charge is 2.25. The lowest BCUT2D eigenvalue weighted by molar-refractivity contribution is 0.669. The summed E-state index contributed by atoms with van der Waals surface area (Å²) in [5, 5.41) is 14.9. The Morgan fingerprint density at radius 2 is 0.739 bits per heavy atom. The van der Waals surface area contributed by atoms with Crippen LogP contribution in [0.1, 0.15) is 0 Å². The quantitative estimate of drug-likeness (QED) is 0.178. The first-order valence-corrected chi connectivity index (χ1v) is 15.8. The van der Waals surface area contributed by atoms with E-state index in [1.807, 2.05) is 12.1 Å². The van der Waals surface area contributed by atoms with E-state index in [2.05, 4.69) is 118 Å². The Kier molecular flexibility index (Phi) is 3.47. The summed E-state index contributed by atoms with van der Waals surface area (Å²) in [7, 11) is 0. The number of hydrogen-bond acceptors (Lipinski definition) is 2. The average molecular weight is 585 g/mol. The summed E-state index contributed by atoms with van der Waals surface area (Å²) in [6.07, 6.45) is 0. The van der Waals surface area contributed by atoms with Crippen molar-refractivity contribution in [2.45, 2.75) is 0 Å². The molecule has 0 fully saturated rings. The molecule has 0 bridgehead atoms. The van der Waals surface area contributed by atoms with Crippen LogP contribution >= 0.6 is 0 Å². The van der Waals surface area contributed by atoms with Gasteiger partial charge in [0.05, 0.1) is 33.1 Å². The van der Waals surface area contributed by atoms with Crippen LogP contribution in [0.15, 0.2) is 130 Å². The first-order chi connectivity index (χ1) is 22.8. The zero-order valence-electron chi connectivity index (χ0n) is 24.3. The van der Waals surface area contributed by atoms with Gasteiger partial charge in [-0.05, 0) is 48.5 Å². The maximum absolute atomic E-state index is 6.32. The summed E-state index contributed by atoms with van der Waals surface area (Å²) in [5.41, 5.74) is 11.2. The molecule has 0 spiro atoms. The number of furan rings is 2. The summed E-state index contributed by atoms with van der Waals surface area (Å²) < 4.78 is 17.6. The van der Waals surface area contributed by atoms with E-state index in [1.165, 1.54) is 97.7 Å². The molecule has 4 nitrogen and oxygen atoms in total. The number of para-hydroxylation sites is 4. The van der Waals surface area contributed by atoms with Gasteiger partial charge in [0, 0.05) is 64.6 Å². The van der Waals surface area contributed by atoms with Gasteiger partial charge in [0.25, 0.3) is 0 Å². The van der Waals surface area contributed by atoms with E-state index in [1.54, 1.807) is 0 Å². The van der Waals surface area contributed by atoms with Crippen LogP contribution in [0.4, 0.5) is 0 Å². The summed E-state index contributed by atoms with van der Waals surface area (Å²) in [4.78, 5) is 0. The third-order valence-corrected chi connectivity index (χ3v) is 10.8. The lowest BCUT2D eigenvalue weighted by Gasteiger charge is -2.02. The minimum atomic E-state index is 0.931. The molecule has 0 aliphatic carbocycles. The molecule has 46 heavy (non-hydrogen) atoms. The van der Waals surface area contributed by atoms with Gasteiger partial charge in [0.15, 0.2) is 0 Å². The smallest absolute Gasteiger partial charge is 0.136 e. The standard InChI is InChI=1S/C42H20N2O2/c1-3-13-33-23(7-1)39-35(45-33)17-15-29-37(39)25-11-5-9-21-27-20-32-28(19-31(27)43(29)41(21)25)22-10-6-12-26-38-30(44(32)42(22)26)16-18-36-40(38)24-8-2-4-14-34(24)46-36/h1-20H. The number of fused-ring (bicyclic) bond motifs is 20. The van der Waals surface area contributed by atoms with E-state index in [0.717, 1.165) is 22.3 Å². The molecule has 0 radical (unpaired) electrons. The Hall–Kier alpha value is -6.26. The largest absolute Gasteiger partial charge is 0.456 e. The first-order valence-electron chi connectivity index (χ1n) is 15.8. The van der Waals surface area contributed by atoms with Crippen LogP contribution in [0.5, 0.6) is 0 Å². The molecule has 0 amide bonds. The van der Waals surface area contributed by atoms with E-state index in [0.29, 0.717) is 0 Å². The van der Waals surface area contributed by atoms with Crippen molar-refractivity contribution in [1.29, 1.82) is 0 Å². The van der Waals surface area contributed by atoms with Crippen LogP contribution in [0.25, 0.3) is 120 Å². The maximum atomic E-state index is 6.32. The fourth-order valence-electron chi connectivity index (χ4n) is 9.06. The van der Waals surface area contributed by atoms with E-state index < -0.39 is 0 Å². The monoisotopic (exact) mass is 584 g/mol. The van der Waals surface area contributed by atoms with E-state index in [4.69, 9.17) is 8.83 Å². The molecule has 7 aromatic carbocycles. The summed E-state index contributed by atoms with van der Waals surface area (Å²) >= 11 is 0. The molecule has 0 unspecified atom stereocenters. The van der Waals surface area contributed by atoms with Gasteiger partial charge < -0.3 is 17.6 Å². The highest BCUT2D eigenvalue weighted by Crippen LogP contribution is 2.48. The molecule has 13 aromatic rings. The number of benzene rings is 7. The van der Waals surface area contributed by atoms with Crippen molar-refractivity contribution in [2.75, 3.05) is 0 Å². The van der Waals surface area contributed by atoms with Gasteiger partial charge in [-0.25, -0.2) is 0 Å². The van der Waals surface area contributed by atoms with Crippen LogP contribution in [-0.4, -0.2) is 8.80 Å². The molecule has 0 aliphatic rings. The minimum absolute atomic E-state index is 0.931. The average Bonchev–Trinajstić information content (AvgIpc) is 3.92. The van der Waals surface area contributed by atoms with Gasteiger partial charge in [-0.2, -0.15) is 0 Å². The van der Waals surface area contributed by atoms with Gasteiger partial charge in [-0.15, -0.1) is 0 Å². The molecule has 0 aliphatic heterocycles. The van der Waals surface area contributed by atoms with Crippen LogP contribution in [0.3, 0.4) is 0 Å². The third-order valence-electron chi connectivity index (χ3n) is 10.8. The van der Waals surface area contributed by atoms with Crippen molar-refractivity contribution in [3.05, 3.63) is 121 Å². The Bertz CT molecular complexity index is 3240. The molecule has 210 valence electrons. The van der Waals surface area contributed by atoms with E-state index in [9.17, 15) is 0 Å². The molecule has 0 atom stereocenters. The number of hydrogen-bond donors (Lipinski definition) is 0. The second-order valence-corrected chi connectivity index (χ2v) is 12.8. The van der Waals surface area contributed by atoms with Crippen LogP contribution in [0.2, 0.25) is 0 Å². The molecular formula is C42H20N2O2. The Morgan fingerprint density at radius 1 is 0.304 bits per heavy atom. The second kappa shape index (κ2) is 7.17. The van der Waals surface area contributed by atoms with Crippen LogP contribution in [0, 0.1) is 0 Å². The second-order valence-electron chi connectivity index (χ2n) is 12.8. The lowest BCUT2D eigenvalue weighted by atomic mass is 10.0. The van der Waals surface area contributed by atoms with E-state index >= 15 is 0 Å². The highest BCUT2D eigenvalue weighted by molar-refractivity contribution is 6.35. The van der Waals surface area contributed by atoms with Gasteiger partial charge >= 0.3 is 0 Å². The van der Waals surface area contributed by atoms with Crippen molar-refractivity contribution in [3.8, 4) is 0 Å². The predicted molar refractivity (Wildman–Crippen MR) is 190 cm³/mol. The Labute approximate surface area is 258 Å². The molecule has 6 aromatic heterocycles. The predicted octanol–water partition coefficient (Wildman–Crippen LogP) is 11.8. The van der Waals surface area contributed by atoms with Gasteiger partial charge in [0.2, 0.25) is 0 Å². The SMILES string of the molecule is c1ccc2c(c1)oc1ccc3c(c4cccc5c6cc7c(cc6n3c54)c3cccc4c5c6c(ccc5n7c34)oc3ccccc36)c12. The highest BCUT2D eigenvalue weighted by atomic mass is 16.3. The lowest BCUT2D eigenvalue weighted by Crippen LogP contribution is -1.83. The fourth-order valence-corrected chi connectivity index (χ4v) is 9.06. The number of nitrogens with zero attached hydrogens (tertiary/aromatic N) is 2. The summed E-state index contributed by atoms with van der Waals surface area (Å²) in [5.74, 6) is 0. The number of aromatic nitrogens is 2. The third kappa shape index (κ3) is 2.27. The molecule has 6 heterocycles. The van der Waals surface area contributed by atoms with Gasteiger partial charge in [-0.1, -0.05) is 72.8 Å². The molecular weight excluding hydrogens is 564 g/mol. The maximum Gasteiger partial charge on any atom is 0.136 e. The van der Waals surface area contributed by atoms with Crippen molar-refractivity contribution in [3.63, 3.8) is 0 Å². The zero-order chi connectivity index (χ0) is 29.4. The molecule has 0 saturated heterocycles. The first kappa shape index (κ1) is 22.3. The van der Waals surface area contributed by atoms with Gasteiger partial charge in [0.1, 0.15) is 22.3 Å². The Balaban J connectivity index is 1.25. The molecule has 13 rings (SSSR count). The molecule has 4 heteroatoms. The minimum Gasteiger partial charge on any atom is -0.456 e. The summed E-state index contributed by atoms with van der Waals surface area (Å²) in [6, 6.07) is 44.0. The van der Waals surface area contributed by atoms with E-state index in [-0.39, 0.29) is 0 Å². The van der Waals surface area contributed by atoms with Crippen molar-refractivity contribution in [1.82, 2.24) is 8.80 Å². The Morgan fingerprint density at radius 3 is 1.24 bits per heavy atom. The number of rotatable bonds is 0. The van der Waals surface area contributed by atoms with Crippen molar-refractivity contribution < 1.29 is 8.83 Å². The van der Waals surface area contributed by atoms with Crippen LogP contribution in [-0.2, 0) is 0 Å². The zero-order valence-corrected chi connectivity index (χ0v) is 24.3. The fraction of sp³-hybridized carbons (Fsp3) is 0. The van der Waals surface area contributed by atoms with Crippen molar-refractivity contribution in [2.24, 2.45) is 0 Å². The summed E-state index contributed by atoms with van der Waals surface area (Å²) in [6.45, 7) is 0. The van der Waals surface area contributed by atoms with Gasteiger partial charge in [-0.3, -0.25) is 0 Å². The topological polar surface area (TPSA) is 35.1 Å². The molecule has 0 N–H and O–H groups in total. The molecule has 0 saturated carbocycles. The van der Waals surface area contributed by atoms with Crippen LogP contribution < -0.4 is 0 Å². The van der Waals surface area contributed by atoms with Crippen molar-refractivity contribution >= 4 is 120 Å².